The average molecular weight is 286 g/mol. The summed E-state index contributed by atoms with van der Waals surface area (Å²) in [4.78, 5) is 16.7. The first kappa shape index (κ1) is 14.8. The smallest absolute Gasteiger partial charge is 0.252 e. The van der Waals surface area contributed by atoms with E-state index in [1.54, 1.807) is 12.3 Å². The number of hydrogen-bond acceptors (Lipinski definition) is 4. The van der Waals surface area contributed by atoms with Crippen LogP contribution in [0.4, 0.5) is 0 Å². The van der Waals surface area contributed by atoms with Crippen LogP contribution in [0, 0.1) is 5.92 Å². The van der Waals surface area contributed by atoms with E-state index in [1.807, 2.05) is 38.1 Å². The number of nitrogens with one attached hydrogen (secondary N) is 1. The van der Waals surface area contributed by atoms with Gasteiger partial charge in [0.2, 0.25) is 0 Å². The minimum Gasteiger partial charge on any atom is -0.409 e. The topological polar surface area (TPSA) is 101 Å². The number of oxime groups is 1. The molecule has 1 unspecified atom stereocenters. The summed E-state index contributed by atoms with van der Waals surface area (Å²) in [6.07, 6.45) is 1.59. The van der Waals surface area contributed by atoms with Crippen LogP contribution in [-0.2, 0) is 0 Å². The maximum Gasteiger partial charge on any atom is 0.252 e. The summed E-state index contributed by atoms with van der Waals surface area (Å²) in [6.45, 7) is 3.77. The fourth-order valence-electron chi connectivity index (χ4n) is 2.16. The van der Waals surface area contributed by atoms with Crippen molar-refractivity contribution in [1.82, 2.24) is 10.3 Å². The molecule has 0 saturated heterocycles. The highest BCUT2D eigenvalue weighted by Crippen LogP contribution is 2.16. The number of nitrogens with two attached hydrogens (primary N) is 1. The summed E-state index contributed by atoms with van der Waals surface area (Å²) in [5.41, 5.74) is 6.89. The highest BCUT2D eigenvalue weighted by atomic mass is 16.4. The zero-order valence-corrected chi connectivity index (χ0v) is 11.9. The van der Waals surface area contributed by atoms with Gasteiger partial charge < -0.3 is 16.3 Å². The van der Waals surface area contributed by atoms with Crippen molar-refractivity contribution in [2.24, 2.45) is 16.8 Å². The third-order valence-corrected chi connectivity index (χ3v) is 3.28. The number of hydrogen-bond donors (Lipinski definition) is 3. The molecule has 2 rings (SSSR count). The van der Waals surface area contributed by atoms with Gasteiger partial charge in [-0.25, -0.2) is 0 Å². The summed E-state index contributed by atoms with van der Waals surface area (Å²) in [6, 6.07) is 8.52. The quantitative estimate of drug-likeness (QED) is 0.345. The van der Waals surface area contributed by atoms with Gasteiger partial charge in [-0.15, -0.1) is 0 Å². The van der Waals surface area contributed by atoms with E-state index in [0.717, 1.165) is 10.9 Å². The van der Waals surface area contributed by atoms with Crippen molar-refractivity contribution in [1.29, 1.82) is 0 Å². The number of amides is 1. The van der Waals surface area contributed by atoms with Gasteiger partial charge in [0.25, 0.3) is 5.91 Å². The van der Waals surface area contributed by atoms with Gasteiger partial charge in [0.05, 0.1) is 17.1 Å². The van der Waals surface area contributed by atoms with Gasteiger partial charge in [0.15, 0.2) is 5.84 Å². The van der Waals surface area contributed by atoms with E-state index < -0.39 is 6.04 Å². The molecule has 0 aliphatic heterocycles. The Bertz CT molecular complexity index is 677. The molecule has 4 N–H and O–H groups in total. The third-order valence-electron chi connectivity index (χ3n) is 3.28. The monoisotopic (exact) mass is 286 g/mol. The molecule has 1 heterocycles. The van der Waals surface area contributed by atoms with Gasteiger partial charge in [0.1, 0.15) is 0 Å². The summed E-state index contributed by atoms with van der Waals surface area (Å²) in [5.74, 6) is -0.298. The maximum absolute atomic E-state index is 12.5. The molecule has 21 heavy (non-hydrogen) atoms. The highest BCUT2D eigenvalue weighted by Gasteiger charge is 2.22. The van der Waals surface area contributed by atoms with E-state index in [9.17, 15) is 4.79 Å². The number of aromatic nitrogens is 1. The lowest BCUT2D eigenvalue weighted by atomic mass is 10.0. The molecule has 1 aromatic heterocycles. The van der Waals surface area contributed by atoms with Crippen LogP contribution in [-0.4, -0.2) is 28.0 Å². The van der Waals surface area contributed by atoms with Crippen LogP contribution in [0.3, 0.4) is 0 Å². The first-order chi connectivity index (χ1) is 10.0. The van der Waals surface area contributed by atoms with Crippen LogP contribution in [0.5, 0.6) is 0 Å². The molecular weight excluding hydrogens is 268 g/mol. The minimum atomic E-state index is -0.533. The second kappa shape index (κ2) is 6.21. The van der Waals surface area contributed by atoms with Gasteiger partial charge in [-0.3, -0.25) is 9.78 Å². The van der Waals surface area contributed by atoms with Crippen molar-refractivity contribution in [3.05, 3.63) is 42.1 Å². The van der Waals surface area contributed by atoms with Crippen LogP contribution in [0.15, 0.2) is 41.7 Å². The number of carbonyl (C=O) groups excluding carboxylic acids is 1. The highest BCUT2D eigenvalue weighted by molar-refractivity contribution is 6.07. The number of fused-ring (bicyclic) bond motifs is 1. The van der Waals surface area contributed by atoms with E-state index in [0.29, 0.717) is 5.56 Å². The van der Waals surface area contributed by atoms with Crippen LogP contribution < -0.4 is 11.1 Å². The van der Waals surface area contributed by atoms with E-state index in [4.69, 9.17) is 10.9 Å². The van der Waals surface area contributed by atoms with E-state index >= 15 is 0 Å². The normalized spacial score (nSPS) is 13.4. The SMILES string of the molecule is CC(C)C(NC(=O)c1ccnc2ccccc12)/C(N)=N/O. The van der Waals surface area contributed by atoms with Crippen LogP contribution >= 0.6 is 0 Å². The molecule has 2 aromatic rings. The van der Waals surface area contributed by atoms with Crippen molar-refractivity contribution < 1.29 is 10.0 Å². The standard InChI is InChI=1S/C15H18N4O2/c1-9(2)13(14(16)19-21)18-15(20)11-7-8-17-12-6-4-3-5-10(11)12/h3-9,13,21H,1-2H3,(H2,16,19)(H,18,20). The van der Waals surface area contributed by atoms with Crippen LogP contribution in [0.1, 0.15) is 24.2 Å². The predicted molar refractivity (Wildman–Crippen MR) is 81.2 cm³/mol. The van der Waals surface area contributed by atoms with Crippen molar-refractivity contribution >= 4 is 22.6 Å². The molecule has 110 valence electrons. The zero-order valence-electron chi connectivity index (χ0n) is 11.9. The molecule has 1 amide bonds. The van der Waals surface area contributed by atoms with Crippen molar-refractivity contribution in [2.45, 2.75) is 19.9 Å². The fraction of sp³-hybridized carbons (Fsp3) is 0.267. The Labute approximate surface area is 122 Å². The van der Waals surface area contributed by atoms with Crippen LogP contribution in [0.2, 0.25) is 0 Å². The molecule has 6 heteroatoms. The number of pyridine rings is 1. The number of benzene rings is 1. The molecule has 0 spiro atoms. The lowest BCUT2D eigenvalue weighted by Crippen LogP contribution is -2.47. The fourth-order valence-corrected chi connectivity index (χ4v) is 2.16. The van der Waals surface area contributed by atoms with Crippen molar-refractivity contribution in [3.63, 3.8) is 0 Å². The van der Waals surface area contributed by atoms with Crippen LogP contribution in [0.25, 0.3) is 10.9 Å². The third kappa shape index (κ3) is 3.10. The first-order valence-corrected chi connectivity index (χ1v) is 6.66. The van der Waals surface area contributed by atoms with Crippen molar-refractivity contribution in [3.8, 4) is 0 Å². The molecule has 6 nitrogen and oxygen atoms in total. The summed E-state index contributed by atoms with van der Waals surface area (Å²) >= 11 is 0. The van der Waals surface area contributed by atoms with Gasteiger partial charge >= 0.3 is 0 Å². The molecule has 0 aliphatic rings. The lowest BCUT2D eigenvalue weighted by Gasteiger charge is -2.21. The second-order valence-corrected chi connectivity index (χ2v) is 5.10. The molecule has 0 bridgehead atoms. The Balaban J connectivity index is 2.34. The molecule has 0 fully saturated rings. The van der Waals surface area contributed by atoms with Gasteiger partial charge in [-0.1, -0.05) is 37.2 Å². The zero-order chi connectivity index (χ0) is 15.4. The Morgan fingerprint density at radius 3 is 2.71 bits per heavy atom. The second-order valence-electron chi connectivity index (χ2n) is 5.10. The Morgan fingerprint density at radius 1 is 1.33 bits per heavy atom. The number of amidine groups is 1. The van der Waals surface area contributed by atoms with E-state index in [1.165, 1.54) is 0 Å². The van der Waals surface area contributed by atoms with E-state index in [-0.39, 0.29) is 17.7 Å². The number of nitrogens with zero attached hydrogens (tertiary/aromatic N) is 2. The number of rotatable bonds is 4. The van der Waals surface area contributed by atoms with Gasteiger partial charge in [0, 0.05) is 11.6 Å². The number of carbonyl (C=O) groups is 1. The van der Waals surface area contributed by atoms with Gasteiger partial charge in [-0.2, -0.15) is 0 Å². The molecule has 0 saturated carbocycles. The van der Waals surface area contributed by atoms with Gasteiger partial charge in [-0.05, 0) is 18.1 Å². The predicted octanol–water partition coefficient (Wildman–Crippen LogP) is 1.74. The Kier molecular flexibility index (Phi) is 4.37. The molecule has 1 aromatic carbocycles. The summed E-state index contributed by atoms with van der Waals surface area (Å²) in [5, 5.41) is 15.4. The maximum atomic E-state index is 12.5. The van der Waals surface area contributed by atoms with E-state index in [2.05, 4.69) is 15.5 Å². The summed E-state index contributed by atoms with van der Waals surface area (Å²) < 4.78 is 0. The molecule has 1 atom stereocenters. The molecule has 0 aliphatic carbocycles. The molecular formula is C15H18N4O2. The summed E-state index contributed by atoms with van der Waals surface area (Å²) in [7, 11) is 0. The average Bonchev–Trinajstić information content (AvgIpc) is 2.50. The Hall–Kier alpha value is -2.63. The van der Waals surface area contributed by atoms with Crippen molar-refractivity contribution in [2.75, 3.05) is 0 Å². The first-order valence-electron chi connectivity index (χ1n) is 6.66. The minimum absolute atomic E-state index is 0.00190. The Morgan fingerprint density at radius 2 is 2.05 bits per heavy atom. The lowest BCUT2D eigenvalue weighted by molar-refractivity contribution is 0.0940. The number of para-hydroxylation sites is 1. The molecule has 0 radical (unpaired) electrons. The largest absolute Gasteiger partial charge is 0.409 e.